The van der Waals surface area contributed by atoms with E-state index < -0.39 is 12.6 Å². The Balaban J connectivity index is 3.22. The minimum absolute atomic E-state index is 0.466. The van der Waals surface area contributed by atoms with Crippen molar-refractivity contribution in [2.75, 3.05) is 6.67 Å². The zero-order valence-electron chi connectivity index (χ0n) is 6.93. The molecular formula is C10H8BrFN. The molecule has 1 rings (SSSR count). The summed E-state index contributed by atoms with van der Waals surface area (Å²) >= 11 is 3.23. The minimum atomic E-state index is -0.550. The molecule has 13 heavy (non-hydrogen) atoms. The summed E-state index contributed by atoms with van der Waals surface area (Å²) in [5.74, 6) is -0.466. The average Bonchev–Trinajstić information content (AvgIpc) is 2.16. The first-order valence-corrected chi connectivity index (χ1v) is 4.57. The van der Waals surface area contributed by atoms with Crippen LogP contribution < -0.4 is 0 Å². The molecule has 1 aromatic rings. The van der Waals surface area contributed by atoms with Crippen LogP contribution in [0.1, 0.15) is 17.0 Å². The molecular weight excluding hydrogens is 233 g/mol. The third kappa shape index (κ3) is 2.07. The monoisotopic (exact) mass is 240 g/mol. The summed E-state index contributed by atoms with van der Waals surface area (Å²) in [6.07, 6.45) is 0. The second-order valence-corrected chi connectivity index (χ2v) is 3.52. The molecule has 67 valence electrons. The molecule has 0 spiro atoms. The molecule has 1 aromatic carbocycles. The van der Waals surface area contributed by atoms with Gasteiger partial charge in [0.2, 0.25) is 0 Å². The smallest absolute Gasteiger partial charge is 0.101 e. The molecule has 0 aliphatic rings. The fourth-order valence-electron chi connectivity index (χ4n) is 1.08. The van der Waals surface area contributed by atoms with Crippen molar-refractivity contribution in [3.8, 4) is 6.07 Å². The minimum Gasteiger partial charge on any atom is -0.250 e. The van der Waals surface area contributed by atoms with E-state index in [-0.39, 0.29) is 0 Å². The predicted octanol–water partition coefficient (Wildman–Crippen LogP) is 3.21. The molecule has 3 heteroatoms. The van der Waals surface area contributed by atoms with Crippen LogP contribution in [0.3, 0.4) is 0 Å². The van der Waals surface area contributed by atoms with Gasteiger partial charge in [-0.05, 0) is 34.5 Å². The zero-order chi connectivity index (χ0) is 9.84. The Bertz CT molecular complexity index is 343. The van der Waals surface area contributed by atoms with Gasteiger partial charge < -0.3 is 0 Å². The normalized spacial score (nSPS) is 12.2. The number of rotatable bonds is 2. The molecule has 0 heterocycles. The van der Waals surface area contributed by atoms with Crippen molar-refractivity contribution in [2.24, 2.45) is 0 Å². The average molecular weight is 241 g/mol. The van der Waals surface area contributed by atoms with Crippen molar-refractivity contribution in [3.63, 3.8) is 0 Å². The van der Waals surface area contributed by atoms with Crippen LogP contribution in [0.15, 0.2) is 22.7 Å². The Hall–Kier alpha value is -0.880. The molecule has 1 nitrogen and oxygen atoms in total. The van der Waals surface area contributed by atoms with Crippen LogP contribution in [-0.4, -0.2) is 6.67 Å². The van der Waals surface area contributed by atoms with Gasteiger partial charge in [-0.1, -0.05) is 12.1 Å². The van der Waals surface area contributed by atoms with E-state index in [0.717, 1.165) is 0 Å². The quantitative estimate of drug-likeness (QED) is 0.779. The van der Waals surface area contributed by atoms with Crippen molar-refractivity contribution in [1.82, 2.24) is 0 Å². The van der Waals surface area contributed by atoms with Gasteiger partial charge in [0.05, 0.1) is 12.2 Å². The Morgan fingerprint density at radius 2 is 2.31 bits per heavy atom. The topological polar surface area (TPSA) is 23.8 Å². The van der Waals surface area contributed by atoms with Gasteiger partial charge in [0.1, 0.15) is 6.07 Å². The summed E-state index contributed by atoms with van der Waals surface area (Å²) in [6.45, 7) is 3.08. The summed E-state index contributed by atoms with van der Waals surface area (Å²) < 4.78 is 13.0. The van der Waals surface area contributed by atoms with E-state index in [2.05, 4.69) is 22.9 Å². The Labute approximate surface area is 85.3 Å². The van der Waals surface area contributed by atoms with Gasteiger partial charge in [-0.25, -0.2) is 0 Å². The van der Waals surface area contributed by atoms with Crippen molar-refractivity contribution in [2.45, 2.75) is 5.92 Å². The Morgan fingerprint density at radius 3 is 2.85 bits per heavy atom. The lowest BCUT2D eigenvalue weighted by Crippen LogP contribution is -1.99. The molecule has 0 aromatic heterocycles. The highest BCUT2D eigenvalue weighted by molar-refractivity contribution is 9.10. The standard InChI is InChI=1S/C10H8BrFN/c1-7(5-12)8-3-2-4-10(11)9(8)6-13/h2-4,7H,1,5H2. The van der Waals surface area contributed by atoms with Crippen molar-refractivity contribution in [1.29, 1.82) is 5.26 Å². The molecule has 0 N–H and O–H groups in total. The van der Waals surface area contributed by atoms with E-state index in [0.29, 0.717) is 15.6 Å². The van der Waals surface area contributed by atoms with E-state index in [1.807, 2.05) is 6.07 Å². The van der Waals surface area contributed by atoms with Crippen molar-refractivity contribution >= 4 is 15.9 Å². The van der Waals surface area contributed by atoms with E-state index in [9.17, 15) is 4.39 Å². The first-order valence-electron chi connectivity index (χ1n) is 3.78. The molecule has 0 aliphatic heterocycles. The number of benzene rings is 1. The summed E-state index contributed by atoms with van der Waals surface area (Å²) in [7, 11) is 0. The molecule has 0 fully saturated rings. The first-order chi connectivity index (χ1) is 6.20. The maximum Gasteiger partial charge on any atom is 0.101 e. The van der Waals surface area contributed by atoms with Crippen LogP contribution in [0, 0.1) is 18.3 Å². The molecule has 0 bridgehead atoms. The maximum absolute atomic E-state index is 12.3. The van der Waals surface area contributed by atoms with Gasteiger partial charge in [0.25, 0.3) is 0 Å². The summed E-state index contributed by atoms with van der Waals surface area (Å²) in [6, 6.07) is 7.28. The van der Waals surface area contributed by atoms with E-state index in [4.69, 9.17) is 5.26 Å². The molecule has 1 atom stereocenters. The molecule has 1 unspecified atom stereocenters. The summed E-state index contributed by atoms with van der Waals surface area (Å²) in [4.78, 5) is 0. The third-order valence-electron chi connectivity index (χ3n) is 1.78. The van der Waals surface area contributed by atoms with Gasteiger partial charge >= 0.3 is 0 Å². The van der Waals surface area contributed by atoms with Crippen LogP contribution in [-0.2, 0) is 0 Å². The fraction of sp³-hybridized carbons (Fsp3) is 0.200. The first kappa shape index (κ1) is 10.2. The number of hydrogen-bond acceptors (Lipinski definition) is 1. The molecule has 0 aliphatic carbocycles. The van der Waals surface area contributed by atoms with Crippen molar-refractivity contribution in [3.05, 3.63) is 40.7 Å². The lowest BCUT2D eigenvalue weighted by molar-refractivity contribution is 0.465. The van der Waals surface area contributed by atoms with Gasteiger partial charge in [0.15, 0.2) is 0 Å². The Kier molecular flexibility index (Phi) is 3.44. The highest BCUT2D eigenvalue weighted by Crippen LogP contribution is 2.25. The largest absolute Gasteiger partial charge is 0.250 e. The van der Waals surface area contributed by atoms with E-state index >= 15 is 0 Å². The lowest BCUT2D eigenvalue weighted by Gasteiger charge is -2.09. The maximum atomic E-state index is 12.3. The lowest BCUT2D eigenvalue weighted by atomic mass is 9.97. The fourth-order valence-corrected chi connectivity index (χ4v) is 1.55. The molecule has 1 radical (unpaired) electrons. The third-order valence-corrected chi connectivity index (χ3v) is 2.44. The highest BCUT2D eigenvalue weighted by atomic mass is 79.9. The van der Waals surface area contributed by atoms with Gasteiger partial charge in [-0.15, -0.1) is 0 Å². The zero-order valence-corrected chi connectivity index (χ0v) is 8.51. The van der Waals surface area contributed by atoms with Crippen LogP contribution in [0.2, 0.25) is 0 Å². The van der Waals surface area contributed by atoms with Crippen LogP contribution >= 0.6 is 15.9 Å². The van der Waals surface area contributed by atoms with Crippen molar-refractivity contribution < 1.29 is 4.39 Å². The highest BCUT2D eigenvalue weighted by Gasteiger charge is 2.12. The SMILES string of the molecule is [CH2]C(CF)c1cccc(Br)c1C#N. The predicted molar refractivity (Wildman–Crippen MR) is 52.9 cm³/mol. The number of alkyl halides is 1. The van der Waals surface area contributed by atoms with Gasteiger partial charge in [0, 0.05) is 10.4 Å². The Morgan fingerprint density at radius 1 is 1.62 bits per heavy atom. The second-order valence-electron chi connectivity index (χ2n) is 2.67. The summed E-state index contributed by atoms with van der Waals surface area (Å²) in [5, 5.41) is 8.81. The van der Waals surface area contributed by atoms with Crippen LogP contribution in [0.5, 0.6) is 0 Å². The van der Waals surface area contributed by atoms with E-state index in [1.165, 1.54) is 0 Å². The van der Waals surface area contributed by atoms with Gasteiger partial charge in [-0.2, -0.15) is 5.26 Å². The summed E-state index contributed by atoms with van der Waals surface area (Å²) in [5.41, 5.74) is 1.12. The molecule has 0 saturated carbocycles. The van der Waals surface area contributed by atoms with Crippen LogP contribution in [0.25, 0.3) is 0 Å². The number of nitrogens with zero attached hydrogens (tertiary/aromatic N) is 1. The van der Waals surface area contributed by atoms with E-state index in [1.54, 1.807) is 18.2 Å². The molecule has 0 saturated heterocycles. The molecule has 0 amide bonds. The van der Waals surface area contributed by atoms with Gasteiger partial charge in [-0.3, -0.25) is 4.39 Å². The number of nitriles is 1. The second kappa shape index (κ2) is 4.38. The number of hydrogen-bond donors (Lipinski definition) is 0. The van der Waals surface area contributed by atoms with Crippen LogP contribution in [0.4, 0.5) is 4.39 Å². The number of halogens is 2.